The van der Waals surface area contributed by atoms with E-state index < -0.39 is 0 Å². The molecule has 0 radical (unpaired) electrons. The van der Waals surface area contributed by atoms with Crippen molar-refractivity contribution in [2.24, 2.45) is 0 Å². The van der Waals surface area contributed by atoms with E-state index in [1.807, 2.05) is 0 Å². The molecule has 2 heteroatoms. The van der Waals surface area contributed by atoms with Gasteiger partial charge >= 0.3 is 0 Å². The second kappa shape index (κ2) is 3.77. The minimum atomic E-state index is 1.19. The lowest BCUT2D eigenvalue weighted by molar-refractivity contribution is 1.30. The first-order valence-corrected chi connectivity index (χ1v) is 6.32. The van der Waals surface area contributed by atoms with Gasteiger partial charge in [-0.15, -0.1) is 0 Å². The summed E-state index contributed by atoms with van der Waals surface area (Å²) in [7, 11) is 0. The van der Waals surface area contributed by atoms with E-state index in [1.54, 1.807) is 0 Å². The fraction of sp³-hybridized carbons (Fsp3) is 0.250. The van der Waals surface area contributed by atoms with E-state index in [1.165, 1.54) is 44.1 Å². The first-order chi connectivity index (χ1) is 8.59. The molecule has 0 aliphatic carbocycles. The summed E-state index contributed by atoms with van der Waals surface area (Å²) >= 11 is 0. The third-order valence-electron chi connectivity index (χ3n) is 4.06. The van der Waals surface area contributed by atoms with Crippen molar-refractivity contribution < 1.29 is 0 Å². The van der Waals surface area contributed by atoms with Crippen LogP contribution < -0.4 is 21.1 Å². The Morgan fingerprint density at radius 2 is 1.06 bits per heavy atom. The van der Waals surface area contributed by atoms with Gasteiger partial charge in [-0.1, -0.05) is 12.1 Å². The normalized spacial score (nSPS) is 17.1. The molecule has 2 nitrogen and oxygen atoms in total. The van der Waals surface area contributed by atoms with Gasteiger partial charge in [-0.05, 0) is 50.0 Å². The van der Waals surface area contributed by atoms with Crippen LogP contribution in [-0.2, 0) is 0 Å². The van der Waals surface area contributed by atoms with E-state index in [2.05, 4.69) is 62.9 Å². The summed E-state index contributed by atoms with van der Waals surface area (Å²) in [4.78, 5) is 0. The number of hydrogen-bond acceptors (Lipinski definition) is 2. The first-order valence-electron chi connectivity index (χ1n) is 6.32. The van der Waals surface area contributed by atoms with Crippen molar-refractivity contribution in [2.45, 2.75) is 27.7 Å². The molecule has 0 saturated heterocycles. The van der Waals surface area contributed by atoms with Gasteiger partial charge < -0.3 is 10.6 Å². The fourth-order valence-electron chi connectivity index (χ4n) is 2.53. The number of allylic oxidation sites excluding steroid dienone is 2. The molecule has 3 rings (SSSR count). The molecule has 1 aromatic carbocycles. The Morgan fingerprint density at radius 3 is 1.44 bits per heavy atom. The summed E-state index contributed by atoms with van der Waals surface area (Å²) < 4.78 is 0. The van der Waals surface area contributed by atoms with Crippen LogP contribution in [0.5, 0.6) is 0 Å². The molecule has 92 valence electrons. The van der Waals surface area contributed by atoms with Gasteiger partial charge in [0.05, 0.1) is 11.4 Å². The van der Waals surface area contributed by atoms with Gasteiger partial charge in [-0.25, -0.2) is 0 Å². The van der Waals surface area contributed by atoms with E-state index in [4.69, 9.17) is 0 Å². The summed E-state index contributed by atoms with van der Waals surface area (Å²) in [6.07, 6.45) is 4.17. The minimum absolute atomic E-state index is 1.19. The van der Waals surface area contributed by atoms with E-state index in [9.17, 15) is 0 Å². The second-order valence-electron chi connectivity index (χ2n) is 5.10. The van der Waals surface area contributed by atoms with Crippen molar-refractivity contribution in [3.05, 3.63) is 46.1 Å². The fourth-order valence-corrected chi connectivity index (χ4v) is 2.53. The highest BCUT2D eigenvalue weighted by molar-refractivity contribution is 5.84. The maximum Gasteiger partial charge on any atom is 0.0701 e. The van der Waals surface area contributed by atoms with Gasteiger partial charge in [0.15, 0.2) is 0 Å². The maximum atomic E-state index is 3.42. The molecule has 1 aromatic rings. The van der Waals surface area contributed by atoms with E-state index in [0.717, 1.165) is 0 Å². The molecule has 0 aromatic heterocycles. The van der Waals surface area contributed by atoms with Crippen LogP contribution in [0.15, 0.2) is 35.7 Å². The monoisotopic (exact) mass is 238 g/mol. The lowest BCUT2D eigenvalue weighted by Crippen LogP contribution is -2.26. The summed E-state index contributed by atoms with van der Waals surface area (Å²) in [5.74, 6) is 0. The molecule has 2 aliphatic rings. The van der Waals surface area contributed by atoms with Crippen molar-refractivity contribution >= 4 is 22.5 Å². The lowest BCUT2D eigenvalue weighted by atomic mass is 9.97. The van der Waals surface area contributed by atoms with Gasteiger partial charge in [0, 0.05) is 22.8 Å². The molecule has 0 spiro atoms. The molecule has 0 unspecified atom stereocenters. The summed E-state index contributed by atoms with van der Waals surface area (Å²) in [5.41, 5.74) is 7.67. The highest BCUT2D eigenvalue weighted by Crippen LogP contribution is 2.24. The molecular formula is C16H18N2. The van der Waals surface area contributed by atoms with Gasteiger partial charge in [-0.2, -0.15) is 0 Å². The predicted octanol–water partition coefficient (Wildman–Crippen LogP) is 2.69. The molecule has 2 N–H and O–H groups in total. The van der Waals surface area contributed by atoms with Crippen LogP contribution in [0.2, 0.25) is 0 Å². The summed E-state index contributed by atoms with van der Waals surface area (Å²) in [5, 5.41) is 9.42. The zero-order valence-electron chi connectivity index (χ0n) is 11.3. The van der Waals surface area contributed by atoms with Crippen LogP contribution in [0, 0.1) is 0 Å². The number of nitrogens with one attached hydrogen (secondary N) is 2. The van der Waals surface area contributed by atoms with Crippen molar-refractivity contribution in [1.82, 2.24) is 0 Å². The van der Waals surface area contributed by atoms with Crippen LogP contribution in [0.4, 0.5) is 11.4 Å². The Morgan fingerprint density at radius 1 is 0.667 bits per heavy atom. The van der Waals surface area contributed by atoms with E-state index in [0.29, 0.717) is 0 Å². The second-order valence-corrected chi connectivity index (χ2v) is 5.10. The molecular weight excluding hydrogens is 220 g/mol. The Bertz CT molecular complexity index is 655. The molecule has 0 saturated carbocycles. The summed E-state index contributed by atoms with van der Waals surface area (Å²) in [6, 6.07) is 4.44. The SMILES string of the molecule is CC1=CNc2c3c(ccc2=C1C)=C(C)C(C)=CN3. The number of hydrogen-bond donors (Lipinski definition) is 2. The van der Waals surface area contributed by atoms with Crippen molar-refractivity contribution in [3.8, 4) is 0 Å². The van der Waals surface area contributed by atoms with Crippen molar-refractivity contribution in [3.63, 3.8) is 0 Å². The number of benzene rings is 1. The lowest BCUT2D eigenvalue weighted by Gasteiger charge is -2.21. The van der Waals surface area contributed by atoms with E-state index in [-0.39, 0.29) is 0 Å². The Kier molecular flexibility index (Phi) is 2.34. The van der Waals surface area contributed by atoms with Gasteiger partial charge in [0.1, 0.15) is 0 Å². The highest BCUT2D eigenvalue weighted by atomic mass is 14.9. The molecule has 0 bridgehead atoms. The highest BCUT2D eigenvalue weighted by Gasteiger charge is 2.14. The number of fused-ring (bicyclic) bond motifs is 3. The van der Waals surface area contributed by atoms with Crippen LogP contribution >= 0.6 is 0 Å². The van der Waals surface area contributed by atoms with Crippen LogP contribution in [-0.4, -0.2) is 0 Å². The molecule has 0 amide bonds. The zero-order valence-corrected chi connectivity index (χ0v) is 11.3. The predicted molar refractivity (Wildman–Crippen MR) is 78.6 cm³/mol. The van der Waals surface area contributed by atoms with Crippen molar-refractivity contribution in [1.29, 1.82) is 0 Å². The smallest absolute Gasteiger partial charge is 0.0701 e. The number of rotatable bonds is 0. The van der Waals surface area contributed by atoms with E-state index >= 15 is 0 Å². The molecule has 0 atom stereocenters. The third kappa shape index (κ3) is 1.42. The van der Waals surface area contributed by atoms with Crippen LogP contribution in [0.25, 0.3) is 11.1 Å². The van der Waals surface area contributed by atoms with Crippen LogP contribution in [0.3, 0.4) is 0 Å². The summed E-state index contributed by atoms with van der Waals surface area (Å²) in [6.45, 7) is 8.63. The Labute approximate surface area is 107 Å². The van der Waals surface area contributed by atoms with Gasteiger partial charge in [0.25, 0.3) is 0 Å². The van der Waals surface area contributed by atoms with Gasteiger partial charge in [-0.3, -0.25) is 0 Å². The largest absolute Gasteiger partial charge is 0.359 e. The first kappa shape index (κ1) is 11.1. The molecule has 2 aliphatic heterocycles. The quantitative estimate of drug-likeness (QED) is 0.726. The minimum Gasteiger partial charge on any atom is -0.359 e. The molecule has 2 heterocycles. The molecule has 0 fully saturated rings. The standard InChI is InChI=1S/C16H18N2/c1-9-7-17-15-13(11(9)3)5-6-14-12(4)10(2)8-18-16(14)15/h5-8,17-18H,1-4H3. The topological polar surface area (TPSA) is 24.1 Å². The molecule has 18 heavy (non-hydrogen) atoms. The Balaban J connectivity index is 2.41. The maximum absolute atomic E-state index is 3.42. The average Bonchev–Trinajstić information content (AvgIpc) is 2.38. The average molecular weight is 238 g/mol. The zero-order chi connectivity index (χ0) is 12.9. The van der Waals surface area contributed by atoms with Crippen LogP contribution in [0.1, 0.15) is 27.7 Å². The van der Waals surface area contributed by atoms with Crippen molar-refractivity contribution in [2.75, 3.05) is 10.6 Å². The number of anilines is 2. The Hall–Kier alpha value is -1.96. The van der Waals surface area contributed by atoms with Gasteiger partial charge in [0.2, 0.25) is 0 Å². The third-order valence-corrected chi connectivity index (χ3v) is 4.06.